The van der Waals surface area contributed by atoms with Gasteiger partial charge in [0.1, 0.15) is 5.75 Å². The first-order valence-electron chi connectivity index (χ1n) is 13.4. The van der Waals surface area contributed by atoms with Crippen LogP contribution in [-0.4, -0.2) is 41.9 Å². The predicted octanol–water partition coefficient (Wildman–Crippen LogP) is 6.80. The van der Waals surface area contributed by atoms with Crippen molar-refractivity contribution < 1.29 is 32.2 Å². The first-order chi connectivity index (χ1) is 19.7. The number of hydrogen-bond acceptors (Lipinski definition) is 5. The average molecular weight is 568 g/mol. The summed E-state index contributed by atoms with van der Waals surface area (Å²) >= 11 is 0. The van der Waals surface area contributed by atoms with Gasteiger partial charge in [0.25, 0.3) is 5.91 Å². The molecule has 1 heterocycles. The van der Waals surface area contributed by atoms with E-state index >= 15 is 0 Å². The van der Waals surface area contributed by atoms with Gasteiger partial charge in [-0.25, -0.2) is 0 Å². The number of methoxy groups -OCH3 is 1. The highest BCUT2D eigenvalue weighted by molar-refractivity contribution is 5.98. The maximum absolute atomic E-state index is 13.2. The van der Waals surface area contributed by atoms with Crippen LogP contribution in [0.2, 0.25) is 0 Å². The molecule has 4 rings (SSSR count). The molecule has 0 bridgehead atoms. The van der Waals surface area contributed by atoms with E-state index < -0.39 is 11.7 Å². The van der Waals surface area contributed by atoms with E-state index in [1.165, 1.54) is 13.2 Å². The molecule has 1 amide bonds. The Labute approximate surface area is 236 Å². The van der Waals surface area contributed by atoms with Gasteiger partial charge in [-0.05, 0) is 54.8 Å². The second kappa shape index (κ2) is 12.9. The van der Waals surface area contributed by atoms with Gasteiger partial charge < -0.3 is 14.8 Å². The third-order valence-corrected chi connectivity index (χ3v) is 6.77. The lowest BCUT2D eigenvalue weighted by molar-refractivity contribution is -0.143. The average Bonchev–Trinajstić information content (AvgIpc) is 3.38. The van der Waals surface area contributed by atoms with Gasteiger partial charge in [0.05, 0.1) is 43.5 Å². The molecule has 0 saturated carbocycles. The molecule has 41 heavy (non-hydrogen) atoms. The Morgan fingerprint density at radius 2 is 1.78 bits per heavy atom. The van der Waals surface area contributed by atoms with Gasteiger partial charge in [0, 0.05) is 23.1 Å². The number of benzene rings is 3. The third kappa shape index (κ3) is 6.87. The van der Waals surface area contributed by atoms with E-state index in [0.29, 0.717) is 17.7 Å². The summed E-state index contributed by atoms with van der Waals surface area (Å²) in [6, 6.07) is 16.4. The zero-order valence-electron chi connectivity index (χ0n) is 23.1. The van der Waals surface area contributed by atoms with Crippen LogP contribution in [0.4, 0.5) is 13.2 Å². The highest BCUT2D eigenvalue weighted by Crippen LogP contribution is 2.38. The van der Waals surface area contributed by atoms with Crippen LogP contribution in [0.25, 0.3) is 22.0 Å². The van der Waals surface area contributed by atoms with E-state index in [0.717, 1.165) is 47.0 Å². The molecule has 1 atom stereocenters. The number of fused-ring (bicyclic) bond motifs is 1. The second-order valence-corrected chi connectivity index (χ2v) is 9.51. The number of nitrogens with zero attached hydrogens (tertiary/aromatic N) is 2. The molecule has 0 fully saturated rings. The first kappa shape index (κ1) is 29.6. The van der Waals surface area contributed by atoms with E-state index in [4.69, 9.17) is 9.47 Å². The molecule has 10 heteroatoms. The second-order valence-electron chi connectivity index (χ2n) is 9.51. The van der Waals surface area contributed by atoms with Crippen molar-refractivity contribution in [3.63, 3.8) is 0 Å². The molecular weight excluding hydrogens is 535 g/mol. The summed E-state index contributed by atoms with van der Waals surface area (Å²) in [4.78, 5) is 24.1. The lowest BCUT2D eigenvalue weighted by Crippen LogP contribution is -2.26. The molecular formula is C31H32F3N3O4. The van der Waals surface area contributed by atoms with Gasteiger partial charge >= 0.3 is 12.1 Å². The van der Waals surface area contributed by atoms with E-state index in [1.54, 1.807) is 25.3 Å². The summed E-state index contributed by atoms with van der Waals surface area (Å²) in [6.07, 6.45) is -0.945. The van der Waals surface area contributed by atoms with E-state index in [1.807, 2.05) is 35.0 Å². The highest BCUT2D eigenvalue weighted by Gasteiger charge is 2.31. The van der Waals surface area contributed by atoms with Crippen molar-refractivity contribution in [1.82, 2.24) is 15.1 Å². The fraction of sp³-hybridized carbons (Fsp3) is 0.323. The van der Waals surface area contributed by atoms with Crippen molar-refractivity contribution in [1.29, 1.82) is 0 Å². The van der Waals surface area contributed by atoms with Gasteiger partial charge in [0.2, 0.25) is 0 Å². The Bertz CT molecular complexity index is 1510. The van der Waals surface area contributed by atoms with E-state index in [2.05, 4.69) is 17.3 Å². The molecule has 0 radical (unpaired) electrons. The maximum atomic E-state index is 13.2. The molecule has 0 saturated heterocycles. The normalized spacial score (nSPS) is 12.2. The minimum atomic E-state index is -4.45. The van der Waals surface area contributed by atoms with Crippen LogP contribution in [0.1, 0.15) is 60.6 Å². The van der Waals surface area contributed by atoms with Crippen molar-refractivity contribution in [2.45, 2.75) is 45.3 Å². The fourth-order valence-corrected chi connectivity index (χ4v) is 4.75. The third-order valence-electron chi connectivity index (χ3n) is 6.77. The smallest absolute Gasteiger partial charge is 0.416 e. The van der Waals surface area contributed by atoms with Crippen LogP contribution < -0.4 is 10.1 Å². The summed E-state index contributed by atoms with van der Waals surface area (Å²) in [6.45, 7) is 4.29. The van der Waals surface area contributed by atoms with Crippen molar-refractivity contribution in [2.75, 3.05) is 20.3 Å². The Kier molecular flexibility index (Phi) is 9.31. The van der Waals surface area contributed by atoms with Crippen LogP contribution in [0, 0.1) is 0 Å². The molecule has 3 aromatic carbocycles. The van der Waals surface area contributed by atoms with Crippen molar-refractivity contribution in [3.05, 3.63) is 83.6 Å². The monoisotopic (exact) mass is 567 g/mol. The number of alkyl halides is 3. The maximum Gasteiger partial charge on any atom is 0.416 e. The molecule has 0 aliphatic carbocycles. The number of ether oxygens (including phenoxy) is 2. The SMILES string of the molecule is CCCC(c1ccc(-c2ccc(C(F)(F)F)cc2OC)cc1)n1ncc2cc(C(=O)NCCC(=O)OCC)ccc21. The topological polar surface area (TPSA) is 82.5 Å². The van der Waals surface area contributed by atoms with Gasteiger partial charge in [-0.1, -0.05) is 43.7 Å². The van der Waals surface area contributed by atoms with Crippen LogP contribution in [-0.2, 0) is 15.7 Å². The molecule has 1 N–H and O–H groups in total. The zero-order valence-corrected chi connectivity index (χ0v) is 23.1. The van der Waals surface area contributed by atoms with E-state index in [9.17, 15) is 22.8 Å². The molecule has 0 spiro atoms. The van der Waals surface area contributed by atoms with Crippen molar-refractivity contribution >= 4 is 22.8 Å². The minimum absolute atomic E-state index is 0.0923. The molecule has 216 valence electrons. The highest BCUT2D eigenvalue weighted by atomic mass is 19.4. The van der Waals surface area contributed by atoms with Gasteiger partial charge in [-0.15, -0.1) is 0 Å². The summed E-state index contributed by atoms with van der Waals surface area (Å²) in [7, 11) is 1.35. The first-order valence-corrected chi connectivity index (χ1v) is 13.4. The molecule has 1 aromatic heterocycles. The Morgan fingerprint density at radius 1 is 1.02 bits per heavy atom. The number of rotatable bonds is 11. The summed E-state index contributed by atoms with van der Waals surface area (Å²) < 4.78 is 51.6. The van der Waals surface area contributed by atoms with Crippen LogP contribution in [0.15, 0.2) is 66.9 Å². The van der Waals surface area contributed by atoms with E-state index in [-0.39, 0.29) is 36.6 Å². The largest absolute Gasteiger partial charge is 0.496 e. The zero-order chi connectivity index (χ0) is 29.6. The number of nitrogens with one attached hydrogen (secondary N) is 1. The number of carbonyl (C=O) groups excluding carboxylic acids is 2. The number of amides is 1. The molecule has 4 aromatic rings. The van der Waals surface area contributed by atoms with Crippen molar-refractivity contribution in [3.8, 4) is 16.9 Å². The van der Waals surface area contributed by atoms with Crippen LogP contribution in [0.3, 0.4) is 0 Å². The Morgan fingerprint density at radius 3 is 2.44 bits per heavy atom. The van der Waals surface area contributed by atoms with Crippen molar-refractivity contribution in [2.24, 2.45) is 0 Å². The summed E-state index contributed by atoms with van der Waals surface area (Å²) in [5.41, 5.74) is 2.85. The summed E-state index contributed by atoms with van der Waals surface area (Å²) in [5.74, 6) is -0.502. The number of esters is 1. The minimum Gasteiger partial charge on any atom is -0.496 e. The Hall–Kier alpha value is -4.34. The van der Waals surface area contributed by atoms with Gasteiger partial charge in [-0.2, -0.15) is 18.3 Å². The van der Waals surface area contributed by atoms with Gasteiger partial charge in [-0.3, -0.25) is 14.3 Å². The molecule has 0 aliphatic rings. The molecule has 7 nitrogen and oxygen atoms in total. The standard InChI is InChI=1S/C31H32F3N3O4/c1-4-6-26(21-9-7-20(8-10-21)25-13-12-24(31(32,33)34)18-28(25)40-3)37-27-14-11-22(17-23(27)19-36-37)30(39)35-16-15-29(38)41-5-2/h7-14,17-19,26H,4-6,15-16H2,1-3H3,(H,35,39). The van der Waals surface area contributed by atoms with Crippen LogP contribution >= 0.6 is 0 Å². The van der Waals surface area contributed by atoms with Crippen LogP contribution in [0.5, 0.6) is 5.75 Å². The number of hydrogen-bond donors (Lipinski definition) is 1. The Balaban J connectivity index is 1.56. The molecule has 1 unspecified atom stereocenters. The predicted molar refractivity (Wildman–Crippen MR) is 150 cm³/mol. The number of aromatic nitrogens is 2. The summed E-state index contributed by atoms with van der Waals surface area (Å²) in [5, 5.41) is 8.17. The lowest BCUT2D eigenvalue weighted by atomic mass is 9.97. The number of halogens is 3. The quantitative estimate of drug-likeness (QED) is 0.202. The number of carbonyl (C=O) groups is 2. The fourth-order valence-electron chi connectivity index (χ4n) is 4.75. The molecule has 0 aliphatic heterocycles. The van der Waals surface area contributed by atoms with Gasteiger partial charge in [0.15, 0.2) is 0 Å². The lowest BCUT2D eigenvalue weighted by Gasteiger charge is -2.20.